The average Bonchev–Trinajstić information content (AvgIpc) is 2.92. The molecule has 3 aromatic rings. The Hall–Kier alpha value is -2.74. The molecule has 0 bridgehead atoms. The van der Waals surface area contributed by atoms with Crippen molar-refractivity contribution in [3.8, 4) is 6.01 Å². The predicted molar refractivity (Wildman–Crippen MR) is 101 cm³/mol. The second-order valence-corrected chi connectivity index (χ2v) is 7.55. The Morgan fingerprint density at radius 3 is 2.54 bits per heavy atom. The summed E-state index contributed by atoms with van der Waals surface area (Å²) in [5.74, 6) is -1.81. The van der Waals surface area contributed by atoms with Crippen molar-refractivity contribution < 1.29 is 18.3 Å². The van der Waals surface area contributed by atoms with Gasteiger partial charge >= 0.3 is 12.0 Å². The van der Waals surface area contributed by atoms with Crippen LogP contribution >= 0.6 is 11.8 Å². The fourth-order valence-electron chi connectivity index (χ4n) is 2.64. The van der Waals surface area contributed by atoms with Crippen LogP contribution in [0.3, 0.4) is 0 Å². The van der Waals surface area contributed by atoms with Crippen LogP contribution in [0, 0.1) is 11.6 Å². The summed E-state index contributed by atoms with van der Waals surface area (Å²) in [6.07, 6.45) is 3.36. The smallest absolute Gasteiger partial charge is 0.310 e. The van der Waals surface area contributed by atoms with E-state index in [1.54, 1.807) is 23.0 Å². The quantitative estimate of drug-likeness (QED) is 0.553. The fourth-order valence-corrected chi connectivity index (χ4v) is 3.84. The number of hydrogen-bond donors (Lipinski definition) is 0. The molecule has 146 valence electrons. The molecule has 0 saturated carbocycles. The second-order valence-electron chi connectivity index (χ2n) is 6.49. The van der Waals surface area contributed by atoms with Crippen molar-refractivity contribution in [3.05, 3.63) is 65.6 Å². The van der Waals surface area contributed by atoms with Gasteiger partial charge in [-0.05, 0) is 29.7 Å². The molecule has 8 heteroatoms. The van der Waals surface area contributed by atoms with Gasteiger partial charge in [-0.15, -0.1) is 0 Å². The Bertz CT molecular complexity index is 970. The number of carbonyl (C=O) groups excluding carboxylic acids is 1. The summed E-state index contributed by atoms with van der Waals surface area (Å²) in [5, 5.41) is 0.653. The van der Waals surface area contributed by atoms with E-state index in [2.05, 4.69) is 9.97 Å². The monoisotopic (exact) mass is 403 g/mol. The van der Waals surface area contributed by atoms with Crippen LogP contribution in [0.1, 0.15) is 37.9 Å². The number of rotatable bonds is 6. The number of carbonyl (C=O) groups is 1. The fraction of sp³-hybridized carbons (Fsp3) is 0.250. The molecule has 0 amide bonds. The van der Waals surface area contributed by atoms with E-state index in [0.717, 1.165) is 11.6 Å². The van der Waals surface area contributed by atoms with Gasteiger partial charge in [-0.2, -0.15) is 4.98 Å². The zero-order valence-corrected chi connectivity index (χ0v) is 16.5. The van der Waals surface area contributed by atoms with Crippen LogP contribution < -0.4 is 4.74 Å². The van der Waals surface area contributed by atoms with Gasteiger partial charge in [-0.3, -0.25) is 14.3 Å². The molecule has 2 heterocycles. The number of hydrogen-bond acceptors (Lipinski definition) is 5. The van der Waals surface area contributed by atoms with E-state index in [1.165, 1.54) is 30.8 Å². The van der Waals surface area contributed by atoms with Crippen LogP contribution in [0.25, 0.3) is 0 Å². The van der Waals surface area contributed by atoms with Crippen molar-refractivity contribution in [2.45, 2.75) is 43.2 Å². The van der Waals surface area contributed by atoms with Crippen LogP contribution in [0.4, 0.5) is 8.78 Å². The molecule has 0 saturated heterocycles. The highest BCUT2D eigenvalue weighted by Gasteiger charge is 2.23. The number of pyridine rings is 1. The van der Waals surface area contributed by atoms with E-state index >= 15 is 0 Å². The molecule has 5 nitrogen and oxygen atoms in total. The molecule has 28 heavy (non-hydrogen) atoms. The molecule has 0 N–H and O–H groups in total. The third-order valence-corrected chi connectivity index (χ3v) is 4.90. The molecule has 0 aliphatic carbocycles. The highest BCUT2D eigenvalue weighted by molar-refractivity contribution is 7.99. The number of ether oxygens (including phenoxy) is 1. The average molecular weight is 403 g/mol. The molecule has 0 spiro atoms. The van der Waals surface area contributed by atoms with Crippen LogP contribution in [-0.2, 0) is 11.3 Å². The Morgan fingerprint density at radius 2 is 1.96 bits per heavy atom. The molecule has 3 rings (SSSR count). The normalized spacial score (nSPS) is 11.1. The van der Waals surface area contributed by atoms with Gasteiger partial charge in [0, 0.05) is 30.3 Å². The third kappa shape index (κ3) is 4.75. The Balaban J connectivity index is 2.11. The minimum Gasteiger partial charge on any atom is -0.392 e. The largest absolute Gasteiger partial charge is 0.392 e. The SMILES string of the molecule is CC(=O)Oc1nc(C(C)C)c(Sc2cc(F)cc(F)c2)n1Cc1cccnc1. The summed E-state index contributed by atoms with van der Waals surface area (Å²) in [4.78, 5) is 20.5. The molecular formula is C20H19F2N3O2S. The first-order valence-corrected chi connectivity index (χ1v) is 9.47. The van der Waals surface area contributed by atoms with Gasteiger partial charge in [-0.1, -0.05) is 31.7 Å². The van der Waals surface area contributed by atoms with Crippen molar-refractivity contribution in [2.75, 3.05) is 0 Å². The molecule has 0 fully saturated rings. The summed E-state index contributed by atoms with van der Waals surface area (Å²) in [5.41, 5.74) is 1.55. The van der Waals surface area contributed by atoms with E-state index in [1.807, 2.05) is 19.9 Å². The van der Waals surface area contributed by atoms with Crippen LogP contribution in [0.15, 0.2) is 52.6 Å². The highest BCUT2D eigenvalue weighted by atomic mass is 32.2. The number of imidazole rings is 1. The maximum Gasteiger partial charge on any atom is 0.310 e. The first-order chi connectivity index (χ1) is 13.3. The predicted octanol–water partition coefficient (Wildman–Crippen LogP) is 4.80. The molecule has 0 aliphatic rings. The first-order valence-electron chi connectivity index (χ1n) is 8.65. The van der Waals surface area contributed by atoms with Crippen LogP contribution in [0.5, 0.6) is 6.01 Å². The molecular weight excluding hydrogens is 384 g/mol. The zero-order chi connectivity index (χ0) is 20.3. The summed E-state index contributed by atoms with van der Waals surface area (Å²) in [7, 11) is 0. The van der Waals surface area contributed by atoms with Crippen molar-refractivity contribution >= 4 is 17.7 Å². The zero-order valence-electron chi connectivity index (χ0n) is 15.6. The van der Waals surface area contributed by atoms with Gasteiger partial charge in [0.05, 0.1) is 12.2 Å². The lowest BCUT2D eigenvalue weighted by Crippen LogP contribution is -2.10. The molecule has 1 aromatic carbocycles. The van der Waals surface area contributed by atoms with Gasteiger partial charge in [0.15, 0.2) is 0 Å². The van der Waals surface area contributed by atoms with E-state index in [9.17, 15) is 13.6 Å². The molecule has 0 radical (unpaired) electrons. The number of nitrogens with zero attached hydrogens (tertiary/aromatic N) is 3. The molecule has 0 atom stereocenters. The number of esters is 1. The van der Waals surface area contributed by atoms with Gasteiger partial charge in [0.2, 0.25) is 0 Å². The number of aromatic nitrogens is 3. The molecule has 0 aliphatic heterocycles. The van der Waals surface area contributed by atoms with Crippen LogP contribution in [0.2, 0.25) is 0 Å². The summed E-state index contributed by atoms with van der Waals surface area (Å²) in [6.45, 7) is 5.54. The van der Waals surface area contributed by atoms with Crippen molar-refractivity contribution in [1.82, 2.24) is 14.5 Å². The van der Waals surface area contributed by atoms with E-state index < -0.39 is 17.6 Å². The maximum absolute atomic E-state index is 13.7. The van der Waals surface area contributed by atoms with Gasteiger partial charge in [0.25, 0.3) is 0 Å². The van der Waals surface area contributed by atoms with E-state index in [-0.39, 0.29) is 11.9 Å². The van der Waals surface area contributed by atoms with Crippen molar-refractivity contribution in [1.29, 1.82) is 0 Å². The van der Waals surface area contributed by atoms with Gasteiger partial charge in [0.1, 0.15) is 16.7 Å². The lowest BCUT2D eigenvalue weighted by molar-refractivity contribution is -0.132. The molecule has 2 aromatic heterocycles. The van der Waals surface area contributed by atoms with E-state index in [4.69, 9.17) is 4.74 Å². The van der Waals surface area contributed by atoms with Crippen LogP contribution in [-0.4, -0.2) is 20.5 Å². The minimum absolute atomic E-state index is 0.00497. The maximum atomic E-state index is 13.7. The first kappa shape index (κ1) is 20.0. The summed E-state index contributed by atoms with van der Waals surface area (Å²) in [6, 6.07) is 7.16. The summed E-state index contributed by atoms with van der Waals surface area (Å²) < 4.78 is 34.4. The standard InChI is InChI=1S/C20H19F2N3O2S/c1-12(2)18-19(28-17-8-15(21)7-16(22)9-17)25(20(24-18)27-13(3)26)11-14-5-4-6-23-10-14/h4-10,12H,11H2,1-3H3. The van der Waals surface area contributed by atoms with Crippen molar-refractivity contribution in [3.63, 3.8) is 0 Å². The van der Waals surface area contributed by atoms with E-state index in [0.29, 0.717) is 22.2 Å². The third-order valence-electron chi connectivity index (χ3n) is 3.81. The minimum atomic E-state index is -0.660. The van der Waals surface area contributed by atoms with Crippen molar-refractivity contribution in [2.24, 2.45) is 0 Å². The van der Waals surface area contributed by atoms with Gasteiger partial charge in [-0.25, -0.2) is 8.78 Å². The topological polar surface area (TPSA) is 57.0 Å². The lowest BCUT2D eigenvalue weighted by atomic mass is 10.1. The lowest BCUT2D eigenvalue weighted by Gasteiger charge is -2.12. The Morgan fingerprint density at radius 1 is 1.25 bits per heavy atom. The second kappa shape index (κ2) is 8.52. The summed E-state index contributed by atoms with van der Waals surface area (Å²) >= 11 is 1.17. The number of benzene rings is 1. The number of halogens is 2. The van der Waals surface area contributed by atoms with Gasteiger partial charge < -0.3 is 4.74 Å². The molecule has 0 unspecified atom stereocenters. The Labute approximate surface area is 165 Å². The Kier molecular flexibility index (Phi) is 6.08. The highest BCUT2D eigenvalue weighted by Crippen LogP contribution is 2.38.